The quantitative estimate of drug-likeness (QED) is 0.700. The van der Waals surface area contributed by atoms with E-state index in [1.807, 2.05) is 0 Å². The highest BCUT2D eigenvalue weighted by Crippen LogP contribution is 2.45. The second-order valence-electron chi connectivity index (χ2n) is 4.49. The first-order valence-corrected chi connectivity index (χ1v) is 7.12. The van der Waals surface area contributed by atoms with Gasteiger partial charge in [-0.05, 0) is 18.9 Å². The Morgan fingerprint density at radius 2 is 1.95 bits per heavy atom. The highest BCUT2D eigenvalue weighted by molar-refractivity contribution is 9.10. The number of methoxy groups -OCH3 is 2. The zero-order valence-electron chi connectivity index (χ0n) is 11.8. The second-order valence-corrected chi connectivity index (χ2v) is 5.35. The van der Waals surface area contributed by atoms with Crippen molar-refractivity contribution in [2.24, 2.45) is 0 Å². The van der Waals surface area contributed by atoms with Gasteiger partial charge in [-0.15, -0.1) is 0 Å². The molecule has 1 aromatic rings. The maximum atomic E-state index is 14.3. The molecule has 7 heteroatoms. The lowest BCUT2D eigenvalue weighted by molar-refractivity contribution is -0.137. The zero-order valence-corrected chi connectivity index (χ0v) is 13.4. The summed E-state index contributed by atoms with van der Waals surface area (Å²) in [6.45, 7) is 0. The summed E-state index contributed by atoms with van der Waals surface area (Å²) in [7, 11) is 2.75. The van der Waals surface area contributed by atoms with Crippen LogP contribution >= 0.6 is 15.9 Å². The molecule has 0 saturated carbocycles. The number of carboxylic acids is 1. The molecule has 0 radical (unpaired) electrons. The van der Waals surface area contributed by atoms with E-state index in [0.29, 0.717) is 5.75 Å². The number of hydrogen-bond donors (Lipinski definition) is 1. The first kappa shape index (κ1) is 17.7. The Morgan fingerprint density at radius 1 is 1.29 bits per heavy atom. The SMILES string of the molecule is COc1cc(Br)c(C(F)(F)CCCCC(=O)O)c(OC)c1. The number of benzene rings is 1. The molecule has 0 heterocycles. The van der Waals surface area contributed by atoms with Gasteiger partial charge in [-0.25, -0.2) is 8.78 Å². The molecular weight excluding hydrogens is 350 g/mol. The van der Waals surface area contributed by atoms with E-state index in [0.717, 1.165) is 0 Å². The second kappa shape index (κ2) is 7.59. The van der Waals surface area contributed by atoms with Crippen LogP contribution in [0.1, 0.15) is 31.2 Å². The van der Waals surface area contributed by atoms with Crippen molar-refractivity contribution >= 4 is 21.9 Å². The minimum atomic E-state index is -3.12. The van der Waals surface area contributed by atoms with Crippen molar-refractivity contribution < 1.29 is 28.2 Å². The summed E-state index contributed by atoms with van der Waals surface area (Å²) >= 11 is 3.11. The Labute approximate surface area is 130 Å². The van der Waals surface area contributed by atoms with Gasteiger partial charge in [-0.1, -0.05) is 15.9 Å². The molecule has 0 aliphatic rings. The van der Waals surface area contributed by atoms with Crippen LogP contribution in [0.4, 0.5) is 8.78 Å². The molecule has 4 nitrogen and oxygen atoms in total. The van der Waals surface area contributed by atoms with Gasteiger partial charge in [0.15, 0.2) is 0 Å². The summed E-state index contributed by atoms with van der Waals surface area (Å²) in [5.41, 5.74) is -0.249. The van der Waals surface area contributed by atoms with Crippen LogP contribution in [-0.2, 0) is 10.7 Å². The lowest BCUT2D eigenvalue weighted by Gasteiger charge is -2.21. The third kappa shape index (κ3) is 4.84. The van der Waals surface area contributed by atoms with Gasteiger partial charge in [-0.3, -0.25) is 4.79 Å². The predicted molar refractivity (Wildman–Crippen MR) is 77.2 cm³/mol. The van der Waals surface area contributed by atoms with Gasteiger partial charge < -0.3 is 14.6 Å². The number of carboxylic acid groups (broad SMARTS) is 1. The highest BCUT2D eigenvalue weighted by atomic mass is 79.9. The molecule has 0 fully saturated rings. The van der Waals surface area contributed by atoms with Gasteiger partial charge in [0.25, 0.3) is 5.92 Å². The van der Waals surface area contributed by atoms with Gasteiger partial charge >= 0.3 is 5.97 Å². The van der Waals surface area contributed by atoms with Crippen molar-refractivity contribution in [3.8, 4) is 11.5 Å². The van der Waals surface area contributed by atoms with E-state index in [9.17, 15) is 13.6 Å². The summed E-state index contributed by atoms with van der Waals surface area (Å²) in [6.07, 6.45) is -0.236. The predicted octanol–water partition coefficient (Wildman–Crippen LogP) is 4.20. The van der Waals surface area contributed by atoms with E-state index in [-0.39, 0.29) is 35.0 Å². The number of unbranched alkanes of at least 4 members (excludes halogenated alkanes) is 1. The van der Waals surface area contributed by atoms with E-state index in [4.69, 9.17) is 14.6 Å². The molecule has 0 saturated heterocycles. The van der Waals surface area contributed by atoms with E-state index in [2.05, 4.69) is 15.9 Å². The van der Waals surface area contributed by atoms with Crippen LogP contribution < -0.4 is 9.47 Å². The third-order valence-corrected chi connectivity index (χ3v) is 3.61. The first-order chi connectivity index (χ1) is 9.81. The topological polar surface area (TPSA) is 55.8 Å². The number of aliphatic carboxylic acids is 1. The summed E-state index contributed by atoms with van der Waals surface area (Å²) in [5.74, 6) is -3.66. The van der Waals surface area contributed by atoms with Crippen molar-refractivity contribution in [3.05, 3.63) is 22.2 Å². The molecule has 1 aromatic carbocycles. The fourth-order valence-electron chi connectivity index (χ4n) is 1.94. The van der Waals surface area contributed by atoms with E-state index in [1.54, 1.807) is 0 Å². The molecular formula is C14H17BrF2O4. The Hall–Kier alpha value is -1.37. The number of carbonyl (C=O) groups is 1. The number of alkyl halides is 2. The first-order valence-electron chi connectivity index (χ1n) is 6.33. The van der Waals surface area contributed by atoms with Crippen molar-refractivity contribution in [3.63, 3.8) is 0 Å². The molecule has 1 rings (SSSR count). The van der Waals surface area contributed by atoms with Crippen LogP contribution in [0.2, 0.25) is 0 Å². The van der Waals surface area contributed by atoms with Crippen molar-refractivity contribution in [1.29, 1.82) is 0 Å². The average molecular weight is 367 g/mol. The van der Waals surface area contributed by atoms with Crippen LogP contribution in [0.15, 0.2) is 16.6 Å². The average Bonchev–Trinajstić information content (AvgIpc) is 2.42. The van der Waals surface area contributed by atoms with E-state index < -0.39 is 18.3 Å². The molecule has 0 spiro atoms. The summed E-state index contributed by atoms with van der Waals surface area (Å²) in [6, 6.07) is 2.84. The Bertz CT molecular complexity index is 506. The van der Waals surface area contributed by atoms with Crippen LogP contribution in [-0.4, -0.2) is 25.3 Å². The highest BCUT2D eigenvalue weighted by Gasteiger charge is 2.36. The van der Waals surface area contributed by atoms with Crippen molar-refractivity contribution in [1.82, 2.24) is 0 Å². The molecule has 0 bridgehead atoms. The molecule has 0 atom stereocenters. The van der Waals surface area contributed by atoms with Crippen LogP contribution in [0.5, 0.6) is 11.5 Å². The summed E-state index contributed by atoms with van der Waals surface area (Å²) in [5, 5.41) is 8.52. The molecule has 0 amide bonds. The van der Waals surface area contributed by atoms with E-state index in [1.165, 1.54) is 26.4 Å². The van der Waals surface area contributed by atoms with Gasteiger partial charge in [-0.2, -0.15) is 0 Å². The molecule has 21 heavy (non-hydrogen) atoms. The fraction of sp³-hybridized carbons (Fsp3) is 0.500. The molecule has 0 aliphatic heterocycles. The zero-order chi connectivity index (χ0) is 16.0. The Balaban J connectivity index is 2.93. The van der Waals surface area contributed by atoms with Gasteiger partial charge in [0.2, 0.25) is 0 Å². The Kier molecular flexibility index (Phi) is 6.39. The summed E-state index contributed by atoms with van der Waals surface area (Å²) in [4.78, 5) is 10.4. The van der Waals surface area contributed by atoms with Crippen molar-refractivity contribution in [2.45, 2.75) is 31.6 Å². The number of halogens is 3. The minimum Gasteiger partial charge on any atom is -0.497 e. The van der Waals surface area contributed by atoms with Crippen LogP contribution in [0.25, 0.3) is 0 Å². The molecule has 0 aromatic heterocycles. The largest absolute Gasteiger partial charge is 0.497 e. The van der Waals surface area contributed by atoms with Gasteiger partial charge in [0, 0.05) is 23.4 Å². The van der Waals surface area contributed by atoms with Gasteiger partial charge in [0.05, 0.1) is 19.8 Å². The number of rotatable bonds is 8. The minimum absolute atomic E-state index is 0.0319. The Morgan fingerprint density at radius 3 is 2.48 bits per heavy atom. The normalized spacial score (nSPS) is 11.3. The maximum Gasteiger partial charge on any atom is 0.303 e. The summed E-state index contributed by atoms with van der Waals surface area (Å²) < 4.78 is 38.9. The van der Waals surface area contributed by atoms with E-state index >= 15 is 0 Å². The number of ether oxygens (including phenoxy) is 2. The van der Waals surface area contributed by atoms with Crippen LogP contribution in [0.3, 0.4) is 0 Å². The molecule has 1 N–H and O–H groups in total. The lowest BCUT2D eigenvalue weighted by Crippen LogP contribution is -2.16. The monoisotopic (exact) mass is 366 g/mol. The maximum absolute atomic E-state index is 14.3. The molecule has 0 unspecified atom stereocenters. The van der Waals surface area contributed by atoms with Gasteiger partial charge in [0.1, 0.15) is 11.5 Å². The smallest absolute Gasteiger partial charge is 0.303 e. The van der Waals surface area contributed by atoms with Crippen molar-refractivity contribution in [2.75, 3.05) is 14.2 Å². The fourth-order valence-corrected chi connectivity index (χ4v) is 2.65. The molecule has 0 aliphatic carbocycles. The third-order valence-electron chi connectivity index (χ3n) is 2.98. The van der Waals surface area contributed by atoms with Crippen LogP contribution in [0, 0.1) is 0 Å². The standard InChI is InChI=1S/C14H17BrF2O4/c1-20-9-7-10(15)13(11(8-9)21-2)14(16,17)6-4-3-5-12(18)19/h7-8H,3-6H2,1-2H3,(H,18,19). The molecule has 118 valence electrons. The lowest BCUT2D eigenvalue weighted by atomic mass is 10.0. The number of hydrogen-bond acceptors (Lipinski definition) is 3.